The maximum Gasteiger partial charge on any atom is 0.308 e. The van der Waals surface area contributed by atoms with Gasteiger partial charge in [0.1, 0.15) is 0 Å². The molecule has 2 nitrogen and oxygen atoms in total. The molecule has 1 unspecified atom stereocenters. The van der Waals surface area contributed by atoms with Crippen LogP contribution in [0.2, 0.25) is 0 Å². The summed E-state index contributed by atoms with van der Waals surface area (Å²) in [4.78, 5) is 11.3. The van der Waals surface area contributed by atoms with E-state index in [2.05, 4.69) is 24.3 Å². The van der Waals surface area contributed by atoms with E-state index in [-0.39, 0.29) is 11.9 Å². The van der Waals surface area contributed by atoms with Crippen LogP contribution in [0.4, 0.5) is 0 Å². The monoisotopic (exact) mass is 194 g/mol. The smallest absolute Gasteiger partial charge is 0.308 e. The van der Waals surface area contributed by atoms with Gasteiger partial charge in [-0.15, -0.1) is 0 Å². The Kier molecular flexibility index (Phi) is 5.05. The summed E-state index contributed by atoms with van der Waals surface area (Å²) < 4.78 is 4.76. The second-order valence-corrected chi connectivity index (χ2v) is 3.55. The zero-order valence-electron chi connectivity index (χ0n) is 8.74. The van der Waals surface area contributed by atoms with E-state index in [1.165, 1.54) is 7.11 Å². The molecule has 0 aromatic rings. The van der Waals surface area contributed by atoms with Crippen LogP contribution in [0, 0.1) is 5.92 Å². The SMILES string of the molecule is COC(=O)C1C/C=C/CC/C=C\CC1. The molecule has 0 amide bonds. The van der Waals surface area contributed by atoms with Crippen molar-refractivity contribution in [2.24, 2.45) is 5.92 Å². The Morgan fingerprint density at radius 1 is 1.14 bits per heavy atom. The van der Waals surface area contributed by atoms with E-state index in [0.717, 1.165) is 32.1 Å². The summed E-state index contributed by atoms with van der Waals surface area (Å²) in [6.45, 7) is 0. The normalized spacial score (nSPS) is 27.6. The van der Waals surface area contributed by atoms with E-state index >= 15 is 0 Å². The third-order valence-corrected chi connectivity index (χ3v) is 2.47. The molecule has 0 spiro atoms. The molecule has 2 heteroatoms. The van der Waals surface area contributed by atoms with E-state index in [4.69, 9.17) is 4.74 Å². The first-order valence-electron chi connectivity index (χ1n) is 5.22. The first kappa shape index (κ1) is 11.0. The predicted octanol–water partition coefficient (Wildman–Crippen LogP) is 2.85. The third kappa shape index (κ3) is 3.77. The highest BCUT2D eigenvalue weighted by atomic mass is 16.5. The first-order chi connectivity index (χ1) is 6.84. The minimum Gasteiger partial charge on any atom is -0.469 e. The first-order valence-corrected chi connectivity index (χ1v) is 5.22. The molecule has 78 valence electrons. The molecule has 0 aliphatic heterocycles. The van der Waals surface area contributed by atoms with Crippen LogP contribution in [-0.4, -0.2) is 13.1 Å². The molecule has 1 aliphatic carbocycles. The number of hydrogen-bond acceptors (Lipinski definition) is 2. The van der Waals surface area contributed by atoms with Crippen molar-refractivity contribution >= 4 is 5.97 Å². The van der Waals surface area contributed by atoms with Crippen LogP contribution in [0.5, 0.6) is 0 Å². The number of ether oxygens (including phenoxy) is 1. The number of rotatable bonds is 1. The van der Waals surface area contributed by atoms with Crippen LogP contribution in [-0.2, 0) is 9.53 Å². The van der Waals surface area contributed by atoms with Gasteiger partial charge in [0.05, 0.1) is 13.0 Å². The number of allylic oxidation sites excluding steroid dienone is 4. The molecule has 0 aromatic carbocycles. The van der Waals surface area contributed by atoms with Gasteiger partial charge < -0.3 is 4.74 Å². The molecule has 1 aliphatic rings. The molecule has 14 heavy (non-hydrogen) atoms. The van der Waals surface area contributed by atoms with Gasteiger partial charge in [-0.2, -0.15) is 0 Å². The second kappa shape index (κ2) is 6.41. The minimum absolute atomic E-state index is 0.0407. The van der Waals surface area contributed by atoms with Crippen molar-refractivity contribution in [1.29, 1.82) is 0 Å². The van der Waals surface area contributed by atoms with E-state index in [0.29, 0.717) is 0 Å². The lowest BCUT2D eigenvalue weighted by molar-refractivity contribution is -0.145. The lowest BCUT2D eigenvalue weighted by atomic mass is 9.98. The topological polar surface area (TPSA) is 26.3 Å². The fourth-order valence-corrected chi connectivity index (χ4v) is 1.60. The molecule has 0 saturated carbocycles. The van der Waals surface area contributed by atoms with Gasteiger partial charge in [0.2, 0.25) is 0 Å². The lowest BCUT2D eigenvalue weighted by Crippen LogP contribution is -2.15. The molecule has 0 heterocycles. The van der Waals surface area contributed by atoms with Gasteiger partial charge in [-0.3, -0.25) is 4.79 Å². The highest BCUT2D eigenvalue weighted by Crippen LogP contribution is 2.16. The molecule has 0 radical (unpaired) electrons. The average Bonchev–Trinajstić information content (AvgIpc) is 2.24. The second-order valence-electron chi connectivity index (χ2n) is 3.55. The number of carbonyl (C=O) groups excluding carboxylic acids is 1. The van der Waals surface area contributed by atoms with Crippen molar-refractivity contribution in [2.75, 3.05) is 7.11 Å². The summed E-state index contributed by atoms with van der Waals surface area (Å²) in [5, 5.41) is 0. The zero-order valence-corrected chi connectivity index (χ0v) is 8.74. The summed E-state index contributed by atoms with van der Waals surface area (Å²) in [5.74, 6) is -0.0392. The van der Waals surface area contributed by atoms with Crippen LogP contribution in [0.25, 0.3) is 0 Å². The minimum atomic E-state index is -0.0800. The van der Waals surface area contributed by atoms with Gasteiger partial charge in [0.15, 0.2) is 0 Å². The summed E-state index contributed by atoms with van der Waals surface area (Å²) in [7, 11) is 1.46. The molecule has 1 atom stereocenters. The Balaban J connectivity index is 2.51. The van der Waals surface area contributed by atoms with Crippen molar-refractivity contribution < 1.29 is 9.53 Å². The maximum absolute atomic E-state index is 11.3. The lowest BCUT2D eigenvalue weighted by Gasteiger charge is -2.11. The van der Waals surface area contributed by atoms with Gasteiger partial charge in [-0.1, -0.05) is 24.3 Å². The highest BCUT2D eigenvalue weighted by molar-refractivity contribution is 5.72. The Morgan fingerprint density at radius 3 is 2.50 bits per heavy atom. The molecule has 0 saturated heterocycles. The molecular weight excluding hydrogens is 176 g/mol. The van der Waals surface area contributed by atoms with Crippen LogP contribution in [0.15, 0.2) is 24.3 Å². The fourth-order valence-electron chi connectivity index (χ4n) is 1.60. The Labute approximate surface area is 85.6 Å². The number of carbonyl (C=O) groups is 1. The summed E-state index contributed by atoms with van der Waals surface area (Å²) in [6.07, 6.45) is 13.5. The standard InChI is InChI=1S/C12H18O2/c1-14-12(13)11-9-7-5-3-2-4-6-8-10-11/h3,5-6,8,11H,2,4,7,9-10H2,1H3/b5-3-,8-6+. The van der Waals surface area contributed by atoms with Crippen molar-refractivity contribution in [2.45, 2.75) is 32.1 Å². The maximum atomic E-state index is 11.3. The molecule has 1 rings (SSSR count). The van der Waals surface area contributed by atoms with Crippen LogP contribution >= 0.6 is 0 Å². The van der Waals surface area contributed by atoms with Gasteiger partial charge in [0, 0.05) is 0 Å². The Bertz CT molecular complexity index is 228. The van der Waals surface area contributed by atoms with E-state index in [1.54, 1.807) is 0 Å². The van der Waals surface area contributed by atoms with Crippen LogP contribution in [0.3, 0.4) is 0 Å². The molecule has 0 N–H and O–H groups in total. The summed E-state index contributed by atoms with van der Waals surface area (Å²) in [6, 6.07) is 0. The summed E-state index contributed by atoms with van der Waals surface area (Å²) >= 11 is 0. The van der Waals surface area contributed by atoms with Crippen molar-refractivity contribution in [3.05, 3.63) is 24.3 Å². The van der Waals surface area contributed by atoms with Crippen LogP contribution in [0.1, 0.15) is 32.1 Å². The molecular formula is C12H18O2. The number of hydrogen-bond donors (Lipinski definition) is 0. The zero-order chi connectivity index (χ0) is 10.2. The van der Waals surface area contributed by atoms with E-state index in [9.17, 15) is 4.79 Å². The molecule has 0 aromatic heterocycles. The molecule has 0 bridgehead atoms. The largest absolute Gasteiger partial charge is 0.469 e. The fraction of sp³-hybridized carbons (Fsp3) is 0.583. The van der Waals surface area contributed by atoms with Crippen LogP contribution < -0.4 is 0 Å². The Morgan fingerprint density at radius 2 is 1.79 bits per heavy atom. The van der Waals surface area contributed by atoms with E-state index < -0.39 is 0 Å². The number of esters is 1. The van der Waals surface area contributed by atoms with Gasteiger partial charge in [0.25, 0.3) is 0 Å². The summed E-state index contributed by atoms with van der Waals surface area (Å²) in [5.41, 5.74) is 0. The van der Waals surface area contributed by atoms with Gasteiger partial charge in [-0.05, 0) is 32.1 Å². The average molecular weight is 194 g/mol. The van der Waals surface area contributed by atoms with Gasteiger partial charge >= 0.3 is 5.97 Å². The van der Waals surface area contributed by atoms with Crippen molar-refractivity contribution in [3.8, 4) is 0 Å². The third-order valence-electron chi connectivity index (χ3n) is 2.47. The predicted molar refractivity (Wildman–Crippen MR) is 56.9 cm³/mol. The van der Waals surface area contributed by atoms with Crippen molar-refractivity contribution in [3.63, 3.8) is 0 Å². The molecule has 0 fully saturated rings. The van der Waals surface area contributed by atoms with Crippen molar-refractivity contribution in [1.82, 2.24) is 0 Å². The number of methoxy groups -OCH3 is 1. The van der Waals surface area contributed by atoms with E-state index in [1.807, 2.05) is 0 Å². The van der Waals surface area contributed by atoms with Gasteiger partial charge in [-0.25, -0.2) is 0 Å². The quantitative estimate of drug-likeness (QED) is 0.474. The Hall–Kier alpha value is -1.05. The highest BCUT2D eigenvalue weighted by Gasteiger charge is 2.16.